The summed E-state index contributed by atoms with van der Waals surface area (Å²) >= 11 is 0. The van der Waals surface area contributed by atoms with Crippen LogP contribution >= 0.6 is 0 Å². The zero-order valence-corrected chi connectivity index (χ0v) is 15.0. The maximum Gasteiger partial charge on any atom is 0.118 e. The highest BCUT2D eigenvalue weighted by molar-refractivity contribution is 5.60. The number of nitrogens with zero attached hydrogens (tertiary/aromatic N) is 3. The molecule has 1 saturated heterocycles. The predicted octanol–water partition coefficient (Wildman–Crippen LogP) is 3.55. The Morgan fingerprint density at radius 3 is 2.73 bits per heavy atom. The molecule has 1 fully saturated rings. The fourth-order valence-electron chi connectivity index (χ4n) is 3.45. The lowest BCUT2D eigenvalue weighted by Crippen LogP contribution is -2.31. The minimum Gasteiger partial charge on any atom is -0.465 e. The van der Waals surface area contributed by atoms with E-state index in [1.165, 1.54) is 0 Å². The number of H-pyrrole nitrogens is 1. The quantitative estimate of drug-likeness (QED) is 0.704. The van der Waals surface area contributed by atoms with E-state index in [1.54, 1.807) is 0 Å². The molecule has 3 aromatic rings. The minimum atomic E-state index is 0.276. The Morgan fingerprint density at radius 2 is 2.00 bits per heavy atom. The fraction of sp³-hybridized carbons (Fsp3) is 0.400. The van der Waals surface area contributed by atoms with E-state index in [9.17, 15) is 0 Å². The Morgan fingerprint density at radius 1 is 1.12 bits per heavy atom. The number of rotatable bonds is 7. The summed E-state index contributed by atoms with van der Waals surface area (Å²) in [6, 6.07) is 14.2. The molecule has 0 spiro atoms. The standard InChI is InChI=1S/C20H24N4O2/c1-15-9-10-18(26-15)13-24(12-17-8-5-11-25-17)14-19-20(22-23-21-19)16-6-3-2-4-7-16/h2-4,6-7,9-10,17H,5,8,11-14H2,1H3,(H,21,22,23). The molecule has 6 nitrogen and oxygen atoms in total. The number of aromatic amines is 1. The first-order valence-corrected chi connectivity index (χ1v) is 9.12. The summed E-state index contributed by atoms with van der Waals surface area (Å²) < 4.78 is 11.6. The van der Waals surface area contributed by atoms with Crippen LogP contribution in [0.3, 0.4) is 0 Å². The predicted molar refractivity (Wildman–Crippen MR) is 98.4 cm³/mol. The van der Waals surface area contributed by atoms with Gasteiger partial charge >= 0.3 is 0 Å². The third-order valence-electron chi connectivity index (χ3n) is 4.70. The van der Waals surface area contributed by atoms with Crippen LogP contribution in [0.5, 0.6) is 0 Å². The van der Waals surface area contributed by atoms with Crippen LogP contribution in [0.4, 0.5) is 0 Å². The molecule has 136 valence electrons. The van der Waals surface area contributed by atoms with Crippen molar-refractivity contribution in [3.05, 3.63) is 59.7 Å². The van der Waals surface area contributed by atoms with Gasteiger partial charge in [0.05, 0.1) is 12.6 Å². The number of hydrogen-bond acceptors (Lipinski definition) is 5. The molecule has 1 aliphatic rings. The highest BCUT2D eigenvalue weighted by Gasteiger charge is 2.22. The zero-order chi connectivity index (χ0) is 17.8. The Balaban J connectivity index is 1.53. The van der Waals surface area contributed by atoms with E-state index in [0.717, 1.165) is 61.0 Å². The highest BCUT2D eigenvalue weighted by atomic mass is 16.5. The maximum absolute atomic E-state index is 5.84. The summed E-state index contributed by atoms with van der Waals surface area (Å²) in [5.41, 5.74) is 2.92. The van der Waals surface area contributed by atoms with E-state index in [2.05, 4.69) is 32.4 Å². The first-order chi connectivity index (χ1) is 12.8. The summed E-state index contributed by atoms with van der Waals surface area (Å²) in [6.07, 6.45) is 2.52. The lowest BCUT2D eigenvalue weighted by Gasteiger charge is -2.23. The third-order valence-corrected chi connectivity index (χ3v) is 4.70. The Kier molecular flexibility index (Phi) is 5.13. The number of aryl methyl sites for hydroxylation is 1. The van der Waals surface area contributed by atoms with Crippen LogP contribution in [-0.2, 0) is 17.8 Å². The van der Waals surface area contributed by atoms with Crippen molar-refractivity contribution in [1.82, 2.24) is 20.3 Å². The van der Waals surface area contributed by atoms with Gasteiger partial charge in [-0.15, -0.1) is 0 Å². The largest absolute Gasteiger partial charge is 0.465 e. The van der Waals surface area contributed by atoms with Crippen LogP contribution < -0.4 is 0 Å². The molecule has 0 aliphatic carbocycles. The van der Waals surface area contributed by atoms with Crippen molar-refractivity contribution in [2.75, 3.05) is 13.2 Å². The normalized spacial score (nSPS) is 17.2. The monoisotopic (exact) mass is 352 g/mol. The molecule has 0 saturated carbocycles. The van der Waals surface area contributed by atoms with Gasteiger partial charge in [-0.1, -0.05) is 30.3 Å². The number of ether oxygens (including phenoxy) is 1. The molecule has 1 atom stereocenters. The van der Waals surface area contributed by atoms with Gasteiger partial charge in [-0.2, -0.15) is 15.4 Å². The minimum absolute atomic E-state index is 0.276. The molecule has 1 aliphatic heterocycles. The lowest BCUT2D eigenvalue weighted by atomic mass is 10.1. The SMILES string of the molecule is Cc1ccc(CN(Cc2n[nH]nc2-c2ccccc2)CC2CCCO2)o1. The van der Waals surface area contributed by atoms with Crippen LogP contribution in [0.1, 0.15) is 30.1 Å². The van der Waals surface area contributed by atoms with E-state index >= 15 is 0 Å². The summed E-state index contributed by atoms with van der Waals surface area (Å²) in [5, 5.41) is 11.6. The van der Waals surface area contributed by atoms with Crippen molar-refractivity contribution in [2.24, 2.45) is 0 Å². The van der Waals surface area contributed by atoms with E-state index in [4.69, 9.17) is 9.15 Å². The molecule has 1 N–H and O–H groups in total. The van der Waals surface area contributed by atoms with Crippen molar-refractivity contribution in [3.63, 3.8) is 0 Å². The van der Waals surface area contributed by atoms with Crippen molar-refractivity contribution >= 4 is 0 Å². The third kappa shape index (κ3) is 4.03. The highest BCUT2D eigenvalue weighted by Crippen LogP contribution is 2.23. The van der Waals surface area contributed by atoms with E-state index < -0.39 is 0 Å². The van der Waals surface area contributed by atoms with Gasteiger partial charge in [0.2, 0.25) is 0 Å². The molecular weight excluding hydrogens is 328 g/mol. The number of hydrogen-bond donors (Lipinski definition) is 1. The van der Waals surface area contributed by atoms with Gasteiger partial charge in [0.1, 0.15) is 22.9 Å². The van der Waals surface area contributed by atoms with Crippen LogP contribution in [0.25, 0.3) is 11.3 Å². The summed E-state index contributed by atoms with van der Waals surface area (Å²) in [4.78, 5) is 2.33. The van der Waals surface area contributed by atoms with Gasteiger partial charge in [-0.3, -0.25) is 4.90 Å². The zero-order valence-electron chi connectivity index (χ0n) is 15.0. The molecule has 6 heteroatoms. The Labute approximate surface area is 153 Å². The number of aromatic nitrogens is 3. The first-order valence-electron chi connectivity index (χ1n) is 9.12. The second-order valence-electron chi connectivity index (χ2n) is 6.80. The molecular formula is C20H24N4O2. The maximum atomic E-state index is 5.84. The van der Waals surface area contributed by atoms with Gasteiger partial charge in [-0.05, 0) is 31.9 Å². The van der Waals surface area contributed by atoms with Crippen molar-refractivity contribution in [2.45, 2.75) is 39.0 Å². The molecule has 26 heavy (non-hydrogen) atoms. The molecule has 0 bridgehead atoms. The number of benzene rings is 1. The molecule has 0 radical (unpaired) electrons. The van der Waals surface area contributed by atoms with Crippen molar-refractivity contribution in [1.29, 1.82) is 0 Å². The van der Waals surface area contributed by atoms with Crippen LogP contribution in [0.2, 0.25) is 0 Å². The smallest absolute Gasteiger partial charge is 0.118 e. The Bertz CT molecular complexity index is 821. The van der Waals surface area contributed by atoms with Gasteiger partial charge < -0.3 is 9.15 Å². The van der Waals surface area contributed by atoms with Crippen LogP contribution in [0, 0.1) is 6.92 Å². The second-order valence-corrected chi connectivity index (χ2v) is 6.80. The summed E-state index contributed by atoms with van der Waals surface area (Å²) in [7, 11) is 0. The number of furan rings is 1. The topological polar surface area (TPSA) is 67.2 Å². The summed E-state index contributed by atoms with van der Waals surface area (Å²) in [6.45, 7) is 5.12. The molecule has 1 unspecified atom stereocenters. The van der Waals surface area contributed by atoms with Crippen molar-refractivity contribution in [3.8, 4) is 11.3 Å². The molecule has 4 rings (SSSR count). The van der Waals surface area contributed by atoms with Gasteiger partial charge in [0.25, 0.3) is 0 Å². The molecule has 3 heterocycles. The fourth-order valence-corrected chi connectivity index (χ4v) is 3.45. The summed E-state index contributed by atoms with van der Waals surface area (Å²) in [5.74, 6) is 1.90. The average Bonchev–Trinajstić information content (AvgIpc) is 3.39. The molecule has 2 aromatic heterocycles. The number of nitrogens with one attached hydrogen (secondary N) is 1. The van der Waals surface area contributed by atoms with E-state index in [0.29, 0.717) is 6.54 Å². The van der Waals surface area contributed by atoms with Crippen LogP contribution in [-0.4, -0.2) is 39.6 Å². The van der Waals surface area contributed by atoms with E-state index in [1.807, 2.05) is 37.3 Å². The van der Waals surface area contributed by atoms with Gasteiger partial charge in [-0.25, -0.2) is 0 Å². The molecule has 1 aromatic carbocycles. The Hall–Kier alpha value is -2.44. The lowest BCUT2D eigenvalue weighted by molar-refractivity contribution is 0.0650. The van der Waals surface area contributed by atoms with E-state index in [-0.39, 0.29) is 6.10 Å². The second kappa shape index (κ2) is 7.85. The van der Waals surface area contributed by atoms with Crippen LogP contribution in [0.15, 0.2) is 46.9 Å². The average molecular weight is 352 g/mol. The first kappa shape index (κ1) is 17.0. The molecule has 0 amide bonds. The van der Waals surface area contributed by atoms with Gasteiger partial charge in [0, 0.05) is 25.3 Å². The van der Waals surface area contributed by atoms with Crippen molar-refractivity contribution < 1.29 is 9.15 Å². The van der Waals surface area contributed by atoms with Gasteiger partial charge in [0.15, 0.2) is 0 Å².